The summed E-state index contributed by atoms with van der Waals surface area (Å²) in [6.07, 6.45) is 5.59. The molecule has 2 N–H and O–H groups in total. The number of carbonyl (C=O) groups is 1. The van der Waals surface area contributed by atoms with Crippen molar-refractivity contribution in [3.05, 3.63) is 23.8 Å². The maximum Gasteiger partial charge on any atom is 0.136 e. The van der Waals surface area contributed by atoms with E-state index in [0.717, 1.165) is 36.8 Å². The van der Waals surface area contributed by atoms with E-state index in [1.54, 1.807) is 6.08 Å². The van der Waals surface area contributed by atoms with Crippen molar-refractivity contribution in [3.8, 4) is 0 Å². The van der Waals surface area contributed by atoms with Crippen LogP contribution in [0.2, 0.25) is 0 Å². The normalized spacial score (nSPS) is 28.4. The Morgan fingerprint density at radius 1 is 1.44 bits per heavy atom. The Morgan fingerprint density at radius 2 is 2.12 bits per heavy atom. The lowest BCUT2D eigenvalue weighted by atomic mass is 9.86. The molecule has 144 valence electrons. The van der Waals surface area contributed by atoms with Crippen molar-refractivity contribution in [2.75, 3.05) is 13.2 Å². The van der Waals surface area contributed by atoms with E-state index in [-0.39, 0.29) is 24.2 Å². The predicted molar refractivity (Wildman–Crippen MR) is 101 cm³/mol. The minimum Gasteiger partial charge on any atom is -0.392 e. The van der Waals surface area contributed by atoms with Gasteiger partial charge < -0.3 is 14.9 Å². The minimum atomic E-state index is -0.585. The zero-order valence-corrected chi connectivity index (χ0v) is 16.4. The Bertz CT molecular complexity index is 482. The van der Waals surface area contributed by atoms with Crippen molar-refractivity contribution in [3.63, 3.8) is 0 Å². The molecule has 0 aromatic carbocycles. The molecule has 0 radical (unpaired) electrons. The summed E-state index contributed by atoms with van der Waals surface area (Å²) in [5, 5.41) is 19.5. The molecule has 4 heteroatoms. The maximum absolute atomic E-state index is 12.3. The molecule has 1 rings (SSSR count). The second-order valence-electron chi connectivity index (χ2n) is 7.91. The Morgan fingerprint density at radius 3 is 2.72 bits per heavy atom. The van der Waals surface area contributed by atoms with Gasteiger partial charge in [-0.25, -0.2) is 0 Å². The average Bonchev–Trinajstić information content (AvgIpc) is 2.69. The highest BCUT2D eigenvalue weighted by molar-refractivity contribution is 5.81. The van der Waals surface area contributed by atoms with Crippen LogP contribution in [-0.4, -0.2) is 40.9 Å². The molecular weight excluding hydrogens is 316 g/mol. The quantitative estimate of drug-likeness (QED) is 0.619. The van der Waals surface area contributed by atoms with Gasteiger partial charge in [0.1, 0.15) is 5.78 Å². The second-order valence-corrected chi connectivity index (χ2v) is 7.91. The summed E-state index contributed by atoms with van der Waals surface area (Å²) in [7, 11) is 0. The third kappa shape index (κ3) is 7.04. The van der Waals surface area contributed by atoms with Gasteiger partial charge in [-0.1, -0.05) is 32.1 Å². The van der Waals surface area contributed by atoms with Gasteiger partial charge in [-0.05, 0) is 57.4 Å². The van der Waals surface area contributed by atoms with E-state index in [1.807, 2.05) is 27.7 Å². The molecule has 1 heterocycles. The van der Waals surface area contributed by atoms with Gasteiger partial charge in [0.05, 0.1) is 24.9 Å². The van der Waals surface area contributed by atoms with Gasteiger partial charge in [-0.15, -0.1) is 0 Å². The Hall–Kier alpha value is -0.970. The molecule has 0 spiro atoms. The van der Waals surface area contributed by atoms with E-state index in [9.17, 15) is 9.90 Å². The fourth-order valence-corrected chi connectivity index (χ4v) is 3.18. The number of aliphatic hydroxyl groups excluding tert-OH is 2. The van der Waals surface area contributed by atoms with Crippen molar-refractivity contribution in [1.29, 1.82) is 0 Å². The molecule has 0 aromatic rings. The molecule has 4 nitrogen and oxygen atoms in total. The second kappa shape index (κ2) is 10.2. The van der Waals surface area contributed by atoms with Gasteiger partial charge in [0.2, 0.25) is 0 Å². The summed E-state index contributed by atoms with van der Waals surface area (Å²) in [4.78, 5) is 12.3. The summed E-state index contributed by atoms with van der Waals surface area (Å²) < 4.78 is 5.98. The number of aliphatic hydroxyl groups is 2. The lowest BCUT2D eigenvalue weighted by Crippen LogP contribution is -2.41. The van der Waals surface area contributed by atoms with Gasteiger partial charge in [-0.3, -0.25) is 4.79 Å². The van der Waals surface area contributed by atoms with Crippen LogP contribution in [0.15, 0.2) is 23.8 Å². The monoisotopic (exact) mass is 352 g/mol. The molecule has 1 aliphatic heterocycles. The highest BCUT2D eigenvalue weighted by atomic mass is 16.5. The van der Waals surface area contributed by atoms with Crippen LogP contribution in [0.5, 0.6) is 0 Å². The number of hydrogen-bond acceptors (Lipinski definition) is 4. The van der Waals surface area contributed by atoms with Crippen LogP contribution < -0.4 is 0 Å². The molecule has 25 heavy (non-hydrogen) atoms. The van der Waals surface area contributed by atoms with Crippen molar-refractivity contribution in [2.45, 2.75) is 77.9 Å². The molecule has 1 aliphatic rings. The van der Waals surface area contributed by atoms with Crippen LogP contribution in [0.4, 0.5) is 0 Å². The SMILES string of the molecule is C=C(C)[C@H](C)CC(=O)[C@@H](C)CCC[C@@]1(C)OC/C(=C/CO)CC[C@@H]1O. The molecule has 0 aromatic heterocycles. The molecular formula is C21H36O4. The molecule has 0 unspecified atom stereocenters. The number of carbonyl (C=O) groups excluding carboxylic acids is 1. The summed E-state index contributed by atoms with van der Waals surface area (Å²) in [6, 6.07) is 0. The third-order valence-corrected chi connectivity index (χ3v) is 5.62. The van der Waals surface area contributed by atoms with Crippen LogP contribution in [0, 0.1) is 11.8 Å². The lowest BCUT2D eigenvalue weighted by Gasteiger charge is -2.33. The summed E-state index contributed by atoms with van der Waals surface area (Å²) in [5.41, 5.74) is 1.51. The first-order valence-corrected chi connectivity index (χ1v) is 9.48. The van der Waals surface area contributed by atoms with E-state index < -0.39 is 11.7 Å². The fraction of sp³-hybridized carbons (Fsp3) is 0.762. The molecule has 0 aliphatic carbocycles. The molecule has 1 saturated heterocycles. The Kier molecular flexibility index (Phi) is 9.04. The van der Waals surface area contributed by atoms with Gasteiger partial charge >= 0.3 is 0 Å². The number of hydrogen-bond donors (Lipinski definition) is 2. The molecule has 1 fully saturated rings. The van der Waals surface area contributed by atoms with Crippen molar-refractivity contribution in [2.24, 2.45) is 11.8 Å². The number of ketones is 1. The first kappa shape index (κ1) is 22.1. The van der Waals surface area contributed by atoms with Crippen LogP contribution in [0.1, 0.15) is 66.2 Å². The third-order valence-electron chi connectivity index (χ3n) is 5.62. The molecule has 0 saturated carbocycles. The summed E-state index contributed by atoms with van der Waals surface area (Å²) in [6.45, 7) is 12.3. The molecule has 0 amide bonds. The number of Topliss-reactive ketones (excluding diaryl/α,β-unsaturated/α-hetero) is 1. The zero-order chi connectivity index (χ0) is 19.0. The van der Waals surface area contributed by atoms with Crippen LogP contribution >= 0.6 is 0 Å². The fourth-order valence-electron chi connectivity index (χ4n) is 3.18. The van der Waals surface area contributed by atoms with Crippen molar-refractivity contribution in [1.82, 2.24) is 0 Å². The highest BCUT2D eigenvalue weighted by Gasteiger charge is 2.36. The summed E-state index contributed by atoms with van der Waals surface area (Å²) in [5.74, 6) is 0.547. The standard InChI is InChI=1S/C21H36O4/c1-15(2)17(4)13-19(23)16(3)7-6-11-21(5)20(24)9-8-18(10-12-22)14-25-21/h10,16-17,20,22,24H,1,6-9,11-14H2,2-5H3/b18-10+/t16-,17+,20-,21+/m0/s1. The van der Waals surface area contributed by atoms with Gasteiger partial charge in [0.15, 0.2) is 0 Å². The zero-order valence-electron chi connectivity index (χ0n) is 16.4. The summed E-state index contributed by atoms with van der Waals surface area (Å²) >= 11 is 0. The number of allylic oxidation sites excluding steroid dienone is 1. The van der Waals surface area contributed by atoms with E-state index in [1.165, 1.54) is 0 Å². The van der Waals surface area contributed by atoms with E-state index >= 15 is 0 Å². The van der Waals surface area contributed by atoms with E-state index in [2.05, 4.69) is 6.58 Å². The predicted octanol–water partition coefficient (Wildman–Crippen LogP) is 3.81. The number of rotatable bonds is 9. The topological polar surface area (TPSA) is 66.8 Å². The van der Waals surface area contributed by atoms with Crippen LogP contribution in [0.25, 0.3) is 0 Å². The largest absolute Gasteiger partial charge is 0.392 e. The average molecular weight is 353 g/mol. The Labute approximate surface area is 153 Å². The maximum atomic E-state index is 12.3. The van der Waals surface area contributed by atoms with Gasteiger partial charge in [0, 0.05) is 12.3 Å². The van der Waals surface area contributed by atoms with Crippen molar-refractivity contribution >= 4 is 5.78 Å². The first-order valence-electron chi connectivity index (χ1n) is 9.48. The highest BCUT2D eigenvalue weighted by Crippen LogP contribution is 2.32. The van der Waals surface area contributed by atoms with Crippen molar-refractivity contribution < 1.29 is 19.7 Å². The first-order chi connectivity index (χ1) is 11.7. The Balaban J connectivity index is 2.49. The van der Waals surface area contributed by atoms with Gasteiger partial charge in [-0.2, -0.15) is 0 Å². The molecule has 0 bridgehead atoms. The lowest BCUT2D eigenvalue weighted by molar-refractivity contribution is -0.123. The smallest absolute Gasteiger partial charge is 0.136 e. The molecule has 4 atom stereocenters. The van der Waals surface area contributed by atoms with Gasteiger partial charge in [0.25, 0.3) is 0 Å². The van der Waals surface area contributed by atoms with Crippen LogP contribution in [0.3, 0.4) is 0 Å². The van der Waals surface area contributed by atoms with E-state index in [0.29, 0.717) is 19.4 Å². The van der Waals surface area contributed by atoms with E-state index in [4.69, 9.17) is 9.84 Å². The minimum absolute atomic E-state index is 0.00767. The van der Waals surface area contributed by atoms with Crippen LogP contribution in [-0.2, 0) is 9.53 Å². The number of ether oxygens (including phenoxy) is 1.